The van der Waals surface area contributed by atoms with Gasteiger partial charge in [0.25, 0.3) is 5.91 Å². The predicted molar refractivity (Wildman–Crippen MR) is 116 cm³/mol. The Morgan fingerprint density at radius 2 is 1.70 bits per heavy atom. The first-order valence-electron chi connectivity index (χ1n) is 8.76. The highest BCUT2D eigenvalue weighted by molar-refractivity contribution is 7.18. The molecule has 1 aromatic heterocycles. The van der Waals surface area contributed by atoms with Crippen LogP contribution in [0.1, 0.15) is 31.2 Å². The number of carbonyl (C=O) groups excluding carboxylic acids is 2. The zero-order valence-electron chi connectivity index (χ0n) is 15.8. The van der Waals surface area contributed by atoms with E-state index in [1.165, 1.54) is 6.92 Å². The molecule has 154 valence electrons. The van der Waals surface area contributed by atoms with Crippen molar-refractivity contribution < 1.29 is 24.2 Å². The van der Waals surface area contributed by atoms with Gasteiger partial charge in [0.15, 0.2) is 0 Å². The Morgan fingerprint density at radius 3 is 2.33 bits per heavy atom. The van der Waals surface area contributed by atoms with Crippen LogP contribution in [0.5, 0.6) is 0 Å². The molecular formula is C21H17ClN2O5S. The van der Waals surface area contributed by atoms with Gasteiger partial charge in [-0.3, -0.25) is 10.1 Å². The van der Waals surface area contributed by atoms with Crippen LogP contribution < -0.4 is 10.6 Å². The van der Waals surface area contributed by atoms with Crippen molar-refractivity contribution in [1.29, 1.82) is 0 Å². The van der Waals surface area contributed by atoms with Crippen LogP contribution in [0.3, 0.4) is 0 Å². The van der Waals surface area contributed by atoms with Crippen LogP contribution in [0.4, 0.5) is 15.5 Å². The van der Waals surface area contributed by atoms with Crippen LogP contribution in [0.25, 0.3) is 0 Å². The van der Waals surface area contributed by atoms with E-state index in [-0.39, 0.29) is 27.6 Å². The van der Waals surface area contributed by atoms with Crippen molar-refractivity contribution in [3.8, 4) is 0 Å². The molecule has 2 aromatic carbocycles. The van der Waals surface area contributed by atoms with Gasteiger partial charge < -0.3 is 15.2 Å². The maximum atomic E-state index is 12.6. The third kappa shape index (κ3) is 5.16. The van der Waals surface area contributed by atoms with Crippen molar-refractivity contribution in [1.82, 2.24) is 0 Å². The van der Waals surface area contributed by atoms with Crippen molar-refractivity contribution in [3.63, 3.8) is 0 Å². The Kier molecular flexibility index (Phi) is 6.71. The molecule has 7 nitrogen and oxygen atoms in total. The van der Waals surface area contributed by atoms with E-state index in [2.05, 4.69) is 10.6 Å². The Balaban J connectivity index is 1.75. The van der Waals surface area contributed by atoms with E-state index < -0.39 is 18.0 Å². The molecule has 9 heteroatoms. The Morgan fingerprint density at radius 1 is 1.03 bits per heavy atom. The maximum Gasteiger partial charge on any atom is 0.412 e. The molecule has 3 N–H and O–H groups in total. The Bertz CT molecular complexity index is 1080. The Hall–Kier alpha value is -3.36. The number of carbonyl (C=O) groups is 3. The van der Waals surface area contributed by atoms with Gasteiger partial charge in [-0.1, -0.05) is 41.9 Å². The molecule has 3 rings (SSSR count). The highest BCUT2D eigenvalue weighted by atomic mass is 35.5. The quantitative estimate of drug-likeness (QED) is 0.471. The second-order valence-corrected chi connectivity index (χ2v) is 7.67. The van der Waals surface area contributed by atoms with Gasteiger partial charge in [-0.05, 0) is 42.3 Å². The van der Waals surface area contributed by atoms with Gasteiger partial charge in [0, 0.05) is 10.7 Å². The minimum Gasteiger partial charge on any atom is -0.478 e. The van der Waals surface area contributed by atoms with Gasteiger partial charge in [0.05, 0.1) is 10.4 Å². The van der Waals surface area contributed by atoms with Crippen molar-refractivity contribution in [2.24, 2.45) is 0 Å². The number of benzene rings is 2. The summed E-state index contributed by atoms with van der Waals surface area (Å²) in [5.74, 6) is -1.75. The van der Waals surface area contributed by atoms with E-state index in [4.69, 9.17) is 16.3 Å². The molecule has 0 radical (unpaired) electrons. The fourth-order valence-electron chi connectivity index (χ4n) is 2.65. The molecule has 0 saturated heterocycles. The number of ether oxygens (including phenoxy) is 1. The number of hydrogen-bond donors (Lipinski definition) is 3. The van der Waals surface area contributed by atoms with Gasteiger partial charge in [-0.15, -0.1) is 11.3 Å². The summed E-state index contributed by atoms with van der Waals surface area (Å²) in [4.78, 5) is 36.6. The topological polar surface area (TPSA) is 105 Å². The fourth-order valence-corrected chi connectivity index (χ4v) is 3.85. The summed E-state index contributed by atoms with van der Waals surface area (Å²) < 4.78 is 5.13. The molecule has 0 fully saturated rings. The van der Waals surface area contributed by atoms with E-state index in [1.807, 2.05) is 18.2 Å². The van der Waals surface area contributed by atoms with E-state index in [1.54, 1.807) is 36.4 Å². The van der Waals surface area contributed by atoms with Crippen molar-refractivity contribution in [2.75, 3.05) is 10.6 Å². The minimum absolute atomic E-state index is 0.0271. The number of anilines is 2. The molecule has 0 unspecified atom stereocenters. The fraction of sp³-hybridized carbons (Fsp3) is 0.0952. The first-order chi connectivity index (χ1) is 14.3. The molecule has 3 aromatic rings. The smallest absolute Gasteiger partial charge is 0.412 e. The number of halogens is 1. The van der Waals surface area contributed by atoms with Gasteiger partial charge in [0.1, 0.15) is 11.6 Å². The summed E-state index contributed by atoms with van der Waals surface area (Å²) in [7, 11) is 0. The third-order valence-corrected chi connectivity index (χ3v) is 5.56. The third-order valence-electron chi connectivity index (χ3n) is 4.10. The zero-order valence-corrected chi connectivity index (χ0v) is 17.3. The second-order valence-electron chi connectivity index (χ2n) is 6.21. The second kappa shape index (κ2) is 9.43. The number of nitrogens with one attached hydrogen (secondary N) is 2. The zero-order chi connectivity index (χ0) is 21.7. The van der Waals surface area contributed by atoms with Crippen LogP contribution >= 0.6 is 22.9 Å². The molecule has 0 spiro atoms. The molecule has 0 bridgehead atoms. The van der Waals surface area contributed by atoms with Gasteiger partial charge in [0.2, 0.25) is 0 Å². The van der Waals surface area contributed by atoms with Gasteiger partial charge in [-0.2, -0.15) is 0 Å². The molecule has 0 aliphatic carbocycles. The minimum atomic E-state index is -1.26. The number of carboxylic acids is 1. The summed E-state index contributed by atoms with van der Waals surface area (Å²) in [6.45, 7) is 1.54. The monoisotopic (exact) mass is 444 g/mol. The van der Waals surface area contributed by atoms with Crippen LogP contribution in [0.15, 0.2) is 54.6 Å². The van der Waals surface area contributed by atoms with E-state index in [0.29, 0.717) is 10.7 Å². The first-order valence-corrected chi connectivity index (χ1v) is 9.96. The number of thiophene rings is 1. The summed E-state index contributed by atoms with van der Waals surface area (Å²) in [6.07, 6.45) is -0.813. The number of rotatable bonds is 6. The van der Waals surface area contributed by atoms with Crippen LogP contribution in [0.2, 0.25) is 5.02 Å². The average Bonchev–Trinajstić information content (AvgIpc) is 3.05. The van der Waals surface area contributed by atoms with Crippen LogP contribution in [-0.2, 0) is 11.3 Å². The maximum absolute atomic E-state index is 12.6. The highest BCUT2D eigenvalue weighted by Crippen LogP contribution is 2.34. The molecule has 0 atom stereocenters. The lowest BCUT2D eigenvalue weighted by Crippen LogP contribution is -2.15. The summed E-state index contributed by atoms with van der Waals surface area (Å²) in [5.41, 5.74) is 1.39. The Labute approximate surface area is 181 Å². The van der Waals surface area contributed by atoms with E-state index in [0.717, 1.165) is 16.9 Å². The largest absolute Gasteiger partial charge is 0.478 e. The standard InChI is InChI=1S/C21H17ClN2O5S/c1-12-16(20(26)27)19(24-21(28)29-11-13-5-3-2-4-6-13)30-17(12)18(25)23-15-9-7-14(22)8-10-15/h2-10H,11H2,1H3,(H,23,25)(H,24,28)(H,26,27). The van der Waals surface area contributed by atoms with Gasteiger partial charge in [-0.25, -0.2) is 9.59 Å². The van der Waals surface area contributed by atoms with Crippen LogP contribution in [0, 0.1) is 6.92 Å². The molecule has 30 heavy (non-hydrogen) atoms. The molecule has 0 aliphatic rings. The van der Waals surface area contributed by atoms with Gasteiger partial charge >= 0.3 is 12.1 Å². The first kappa shape index (κ1) is 21.4. The molecular weight excluding hydrogens is 428 g/mol. The SMILES string of the molecule is Cc1c(C(=O)Nc2ccc(Cl)cc2)sc(NC(=O)OCc2ccccc2)c1C(=O)O. The lowest BCUT2D eigenvalue weighted by molar-refractivity contribution is 0.0697. The van der Waals surface area contributed by atoms with Crippen molar-refractivity contribution in [3.05, 3.63) is 81.2 Å². The molecule has 1 heterocycles. The number of carboxylic acid groups (broad SMARTS) is 1. The number of amides is 2. The predicted octanol–water partition coefficient (Wildman–Crippen LogP) is 5.41. The van der Waals surface area contributed by atoms with E-state index in [9.17, 15) is 19.5 Å². The average molecular weight is 445 g/mol. The molecule has 0 aliphatic heterocycles. The van der Waals surface area contributed by atoms with E-state index >= 15 is 0 Å². The lowest BCUT2D eigenvalue weighted by atomic mass is 10.1. The lowest BCUT2D eigenvalue weighted by Gasteiger charge is -2.06. The summed E-state index contributed by atoms with van der Waals surface area (Å²) in [5, 5.41) is 15.2. The highest BCUT2D eigenvalue weighted by Gasteiger charge is 2.26. The van der Waals surface area contributed by atoms with Crippen molar-refractivity contribution in [2.45, 2.75) is 13.5 Å². The van der Waals surface area contributed by atoms with Crippen LogP contribution in [-0.4, -0.2) is 23.1 Å². The normalized spacial score (nSPS) is 10.3. The summed E-state index contributed by atoms with van der Waals surface area (Å²) in [6, 6.07) is 15.6. The summed E-state index contributed by atoms with van der Waals surface area (Å²) >= 11 is 6.70. The number of aromatic carboxylic acids is 1. The molecule has 2 amide bonds. The molecule has 0 saturated carbocycles. The van der Waals surface area contributed by atoms with Crippen molar-refractivity contribution >= 4 is 51.6 Å². The number of hydrogen-bond acceptors (Lipinski definition) is 5.